The highest BCUT2D eigenvalue weighted by molar-refractivity contribution is 5.94. The standard InChI is InChI=1S/C27H34N2O3/c1-21-10-12-22(13-11-21)17-26(30)29-16-6-7-23(19-29)20-32-25-9-5-8-24(18-25)27(31)28-14-3-2-4-15-28/h5,8-13,18,23H,2-4,6-7,14-17,19-20H2,1H3. The summed E-state index contributed by atoms with van der Waals surface area (Å²) in [5, 5.41) is 0. The molecule has 4 rings (SSSR count). The predicted octanol–water partition coefficient (Wildman–Crippen LogP) is 4.48. The van der Waals surface area contributed by atoms with Crippen molar-refractivity contribution in [1.29, 1.82) is 0 Å². The zero-order valence-corrected chi connectivity index (χ0v) is 19.1. The Hall–Kier alpha value is -2.82. The molecule has 2 heterocycles. The molecule has 2 fully saturated rings. The molecule has 0 aliphatic carbocycles. The van der Waals surface area contributed by atoms with Crippen LogP contribution in [-0.2, 0) is 11.2 Å². The number of aryl methyl sites for hydroxylation is 1. The first-order valence-electron chi connectivity index (χ1n) is 11.9. The number of piperidine rings is 2. The fraction of sp³-hybridized carbons (Fsp3) is 0.481. The fourth-order valence-corrected chi connectivity index (χ4v) is 4.63. The molecule has 2 amide bonds. The van der Waals surface area contributed by atoms with Gasteiger partial charge in [-0.2, -0.15) is 0 Å². The van der Waals surface area contributed by atoms with Crippen molar-refractivity contribution in [3.63, 3.8) is 0 Å². The van der Waals surface area contributed by atoms with Gasteiger partial charge in [0.15, 0.2) is 0 Å². The number of benzene rings is 2. The minimum Gasteiger partial charge on any atom is -0.493 e. The van der Waals surface area contributed by atoms with Crippen LogP contribution in [-0.4, -0.2) is 54.4 Å². The number of carbonyl (C=O) groups excluding carboxylic acids is 2. The molecule has 2 aromatic carbocycles. The number of ether oxygens (including phenoxy) is 1. The van der Waals surface area contributed by atoms with Gasteiger partial charge in [0.25, 0.3) is 5.91 Å². The van der Waals surface area contributed by atoms with Crippen LogP contribution in [0.15, 0.2) is 48.5 Å². The Morgan fingerprint density at radius 1 is 0.938 bits per heavy atom. The van der Waals surface area contributed by atoms with Crippen LogP contribution in [0.5, 0.6) is 5.75 Å². The lowest BCUT2D eigenvalue weighted by Crippen LogP contribution is -2.42. The summed E-state index contributed by atoms with van der Waals surface area (Å²) < 4.78 is 6.07. The SMILES string of the molecule is Cc1ccc(CC(=O)N2CCCC(COc3cccc(C(=O)N4CCCCC4)c3)C2)cc1. The van der Waals surface area contributed by atoms with E-state index in [1.807, 2.05) is 46.2 Å². The van der Waals surface area contributed by atoms with Crippen molar-refractivity contribution in [3.8, 4) is 5.75 Å². The number of carbonyl (C=O) groups is 2. The lowest BCUT2D eigenvalue weighted by atomic mass is 9.98. The summed E-state index contributed by atoms with van der Waals surface area (Å²) in [6.45, 7) is 5.87. The van der Waals surface area contributed by atoms with Gasteiger partial charge in [-0.3, -0.25) is 9.59 Å². The summed E-state index contributed by atoms with van der Waals surface area (Å²) in [7, 11) is 0. The second-order valence-corrected chi connectivity index (χ2v) is 9.20. The first-order chi connectivity index (χ1) is 15.6. The highest BCUT2D eigenvalue weighted by atomic mass is 16.5. The van der Waals surface area contributed by atoms with Gasteiger partial charge in [-0.05, 0) is 62.8 Å². The smallest absolute Gasteiger partial charge is 0.253 e. The summed E-state index contributed by atoms with van der Waals surface area (Å²) in [6, 6.07) is 15.7. The largest absolute Gasteiger partial charge is 0.493 e. The van der Waals surface area contributed by atoms with E-state index in [-0.39, 0.29) is 11.8 Å². The molecular weight excluding hydrogens is 400 g/mol. The van der Waals surface area contributed by atoms with Gasteiger partial charge in [0.2, 0.25) is 5.91 Å². The molecule has 0 radical (unpaired) electrons. The monoisotopic (exact) mass is 434 g/mol. The van der Waals surface area contributed by atoms with E-state index >= 15 is 0 Å². The number of nitrogens with zero attached hydrogens (tertiary/aromatic N) is 2. The third kappa shape index (κ3) is 5.90. The molecule has 2 aliphatic heterocycles. The zero-order valence-electron chi connectivity index (χ0n) is 19.1. The van der Waals surface area contributed by atoms with Crippen LogP contribution in [0.1, 0.15) is 53.6 Å². The van der Waals surface area contributed by atoms with Crippen molar-refractivity contribution in [2.45, 2.75) is 45.4 Å². The minimum absolute atomic E-state index is 0.0979. The number of hydrogen-bond donors (Lipinski definition) is 0. The molecule has 32 heavy (non-hydrogen) atoms. The molecule has 5 heteroatoms. The quantitative estimate of drug-likeness (QED) is 0.674. The Kier molecular flexibility index (Phi) is 7.46. The molecule has 0 saturated carbocycles. The van der Waals surface area contributed by atoms with Crippen LogP contribution in [0.25, 0.3) is 0 Å². The lowest BCUT2D eigenvalue weighted by Gasteiger charge is -2.33. The number of rotatable bonds is 6. The van der Waals surface area contributed by atoms with Gasteiger partial charge in [0.1, 0.15) is 5.75 Å². The average Bonchev–Trinajstić information content (AvgIpc) is 2.84. The number of amides is 2. The van der Waals surface area contributed by atoms with Crippen molar-refractivity contribution in [2.24, 2.45) is 5.92 Å². The summed E-state index contributed by atoms with van der Waals surface area (Å²) in [5.74, 6) is 1.33. The molecule has 0 spiro atoms. The molecule has 2 saturated heterocycles. The van der Waals surface area contributed by atoms with Gasteiger partial charge < -0.3 is 14.5 Å². The predicted molar refractivity (Wildman–Crippen MR) is 126 cm³/mol. The molecule has 0 aromatic heterocycles. The fourth-order valence-electron chi connectivity index (χ4n) is 4.63. The third-order valence-corrected chi connectivity index (χ3v) is 6.56. The molecule has 0 N–H and O–H groups in total. The van der Waals surface area contributed by atoms with Crippen molar-refractivity contribution in [3.05, 3.63) is 65.2 Å². The van der Waals surface area contributed by atoms with Crippen LogP contribution in [0.3, 0.4) is 0 Å². The van der Waals surface area contributed by atoms with Gasteiger partial charge in [0.05, 0.1) is 13.0 Å². The van der Waals surface area contributed by atoms with Crippen molar-refractivity contribution >= 4 is 11.8 Å². The Bertz CT molecular complexity index is 919. The highest BCUT2D eigenvalue weighted by Crippen LogP contribution is 2.22. The zero-order chi connectivity index (χ0) is 22.3. The Balaban J connectivity index is 1.29. The summed E-state index contributed by atoms with van der Waals surface area (Å²) in [6.07, 6.45) is 5.89. The van der Waals surface area contributed by atoms with E-state index in [9.17, 15) is 9.59 Å². The van der Waals surface area contributed by atoms with Crippen LogP contribution >= 0.6 is 0 Å². The number of hydrogen-bond acceptors (Lipinski definition) is 3. The Labute approximate surface area is 191 Å². The first kappa shape index (κ1) is 22.4. The van der Waals surface area contributed by atoms with Gasteiger partial charge in [-0.15, -0.1) is 0 Å². The molecule has 2 aromatic rings. The molecule has 0 bridgehead atoms. The van der Waals surface area contributed by atoms with E-state index in [0.717, 1.165) is 63.2 Å². The van der Waals surface area contributed by atoms with Gasteiger partial charge in [-0.1, -0.05) is 35.9 Å². The van der Waals surface area contributed by atoms with Crippen molar-refractivity contribution in [1.82, 2.24) is 9.80 Å². The van der Waals surface area contributed by atoms with E-state index in [2.05, 4.69) is 19.1 Å². The van der Waals surface area contributed by atoms with E-state index in [4.69, 9.17) is 4.74 Å². The Morgan fingerprint density at radius 3 is 2.47 bits per heavy atom. The maximum absolute atomic E-state index is 12.8. The lowest BCUT2D eigenvalue weighted by molar-refractivity contribution is -0.132. The summed E-state index contributed by atoms with van der Waals surface area (Å²) in [4.78, 5) is 29.5. The molecule has 2 aliphatic rings. The maximum atomic E-state index is 12.8. The topological polar surface area (TPSA) is 49.9 Å². The van der Waals surface area contributed by atoms with Gasteiger partial charge in [0, 0.05) is 37.7 Å². The van der Waals surface area contributed by atoms with Crippen LogP contribution in [0.4, 0.5) is 0 Å². The second kappa shape index (κ2) is 10.7. The van der Waals surface area contributed by atoms with E-state index in [1.165, 1.54) is 12.0 Å². The summed E-state index contributed by atoms with van der Waals surface area (Å²) >= 11 is 0. The van der Waals surface area contributed by atoms with E-state index in [1.54, 1.807) is 0 Å². The van der Waals surface area contributed by atoms with Crippen molar-refractivity contribution in [2.75, 3.05) is 32.8 Å². The van der Waals surface area contributed by atoms with Crippen LogP contribution in [0, 0.1) is 12.8 Å². The van der Waals surface area contributed by atoms with Gasteiger partial charge in [-0.25, -0.2) is 0 Å². The van der Waals surface area contributed by atoms with E-state index < -0.39 is 0 Å². The Morgan fingerprint density at radius 2 is 1.69 bits per heavy atom. The molecule has 1 atom stereocenters. The average molecular weight is 435 g/mol. The maximum Gasteiger partial charge on any atom is 0.253 e. The third-order valence-electron chi connectivity index (χ3n) is 6.56. The second-order valence-electron chi connectivity index (χ2n) is 9.20. The minimum atomic E-state index is 0.0979. The molecular formula is C27H34N2O3. The van der Waals surface area contributed by atoms with Crippen LogP contribution in [0.2, 0.25) is 0 Å². The van der Waals surface area contributed by atoms with E-state index in [0.29, 0.717) is 24.5 Å². The molecule has 5 nitrogen and oxygen atoms in total. The van der Waals surface area contributed by atoms with Crippen molar-refractivity contribution < 1.29 is 14.3 Å². The normalized spacial score (nSPS) is 19.0. The highest BCUT2D eigenvalue weighted by Gasteiger charge is 2.24. The van der Waals surface area contributed by atoms with Gasteiger partial charge >= 0.3 is 0 Å². The summed E-state index contributed by atoms with van der Waals surface area (Å²) in [5.41, 5.74) is 2.97. The molecule has 1 unspecified atom stereocenters. The molecule has 170 valence electrons. The van der Waals surface area contributed by atoms with Crippen LogP contribution < -0.4 is 4.74 Å². The number of likely N-dealkylation sites (tertiary alicyclic amines) is 2. The first-order valence-corrected chi connectivity index (χ1v) is 11.9.